The Bertz CT molecular complexity index is 932. The molecule has 0 amide bonds. The molecule has 0 heterocycles. The van der Waals surface area contributed by atoms with Crippen LogP contribution in [0.1, 0.15) is 79.2 Å². The molecule has 0 aliphatic rings. The molecule has 0 spiro atoms. The molecule has 1 rings (SSSR count). The third-order valence-electron chi connectivity index (χ3n) is 6.19. The molecular formula is C27H41NO9. The van der Waals surface area contributed by atoms with Gasteiger partial charge in [0.15, 0.2) is 11.5 Å². The van der Waals surface area contributed by atoms with Crippen LogP contribution in [0.2, 0.25) is 0 Å². The smallest absolute Gasteiger partial charge is 0.477 e. The Kier molecular flexibility index (Phi) is 13.1. The Hall–Kier alpha value is -3.14. The van der Waals surface area contributed by atoms with E-state index in [4.69, 9.17) is 14.2 Å². The predicted octanol–water partition coefficient (Wildman–Crippen LogP) is 4.86. The van der Waals surface area contributed by atoms with Gasteiger partial charge in [-0.25, -0.2) is 9.59 Å². The van der Waals surface area contributed by atoms with Crippen molar-refractivity contribution in [3.05, 3.63) is 23.8 Å². The first-order valence-electron chi connectivity index (χ1n) is 12.7. The summed E-state index contributed by atoms with van der Waals surface area (Å²) in [6.07, 6.45) is 0.981. The first kappa shape index (κ1) is 31.9. The summed E-state index contributed by atoms with van der Waals surface area (Å²) in [6.45, 7) is 11.4. The number of hydrogen-bond donors (Lipinski definition) is 2. The average molecular weight is 524 g/mol. The van der Waals surface area contributed by atoms with Crippen molar-refractivity contribution in [1.82, 2.24) is 5.32 Å². The van der Waals surface area contributed by atoms with Crippen LogP contribution in [-0.2, 0) is 30.3 Å². The van der Waals surface area contributed by atoms with Crippen molar-refractivity contribution >= 4 is 24.1 Å². The monoisotopic (exact) mass is 523 g/mol. The third kappa shape index (κ3) is 10.4. The average Bonchev–Trinajstić information content (AvgIpc) is 2.84. The first-order chi connectivity index (χ1) is 17.4. The molecule has 0 saturated carbocycles. The lowest BCUT2D eigenvalue weighted by atomic mass is 10.00. The largest absolute Gasteiger partial charge is 0.510 e. The van der Waals surface area contributed by atoms with Crippen molar-refractivity contribution in [2.24, 2.45) is 11.8 Å². The first-order valence-corrected chi connectivity index (χ1v) is 12.7. The second kappa shape index (κ2) is 15.2. The summed E-state index contributed by atoms with van der Waals surface area (Å²) in [5, 5.41) is 12.9. The number of methoxy groups -OCH3 is 1. The lowest BCUT2D eigenvalue weighted by Crippen LogP contribution is -2.59. The number of hydrogen-bond acceptors (Lipinski definition) is 9. The molecule has 0 radical (unpaired) electrons. The Morgan fingerprint density at radius 3 is 1.89 bits per heavy atom. The maximum atomic E-state index is 12.6. The van der Waals surface area contributed by atoms with Crippen molar-refractivity contribution in [2.75, 3.05) is 7.11 Å². The van der Waals surface area contributed by atoms with E-state index in [0.717, 1.165) is 20.0 Å². The van der Waals surface area contributed by atoms with Crippen LogP contribution in [0.15, 0.2) is 18.2 Å². The van der Waals surface area contributed by atoms with E-state index in [1.165, 1.54) is 18.2 Å². The van der Waals surface area contributed by atoms with E-state index in [9.17, 15) is 24.3 Å². The topological polar surface area (TPSA) is 137 Å². The van der Waals surface area contributed by atoms with Crippen molar-refractivity contribution < 1.29 is 43.2 Å². The van der Waals surface area contributed by atoms with Crippen LogP contribution >= 0.6 is 0 Å². The summed E-state index contributed by atoms with van der Waals surface area (Å²) in [4.78, 5) is 49.3. The van der Waals surface area contributed by atoms with Gasteiger partial charge in [-0.1, -0.05) is 53.5 Å². The second-order valence-corrected chi connectivity index (χ2v) is 9.48. The normalized spacial score (nSPS) is 15.0. The van der Waals surface area contributed by atoms with E-state index in [-0.39, 0.29) is 48.6 Å². The molecule has 37 heavy (non-hydrogen) atoms. The molecule has 0 aromatic heterocycles. The highest BCUT2D eigenvalue weighted by Gasteiger charge is 2.44. The highest BCUT2D eigenvalue weighted by molar-refractivity contribution is 5.81. The highest BCUT2D eigenvalue weighted by atomic mass is 16.7. The Morgan fingerprint density at radius 1 is 0.892 bits per heavy atom. The Morgan fingerprint density at radius 2 is 1.43 bits per heavy atom. The number of nitrogens with one attached hydrogen (secondary N) is 1. The van der Waals surface area contributed by atoms with Gasteiger partial charge in [-0.05, 0) is 42.9 Å². The summed E-state index contributed by atoms with van der Waals surface area (Å²) >= 11 is 0. The number of benzene rings is 1. The maximum Gasteiger partial charge on any atom is 0.510 e. The molecule has 0 aliphatic carbocycles. The van der Waals surface area contributed by atoms with Crippen LogP contribution in [0.3, 0.4) is 0 Å². The van der Waals surface area contributed by atoms with Crippen molar-refractivity contribution in [2.45, 2.75) is 91.8 Å². The molecule has 10 heteroatoms. The van der Waals surface area contributed by atoms with Gasteiger partial charge in [-0.15, -0.1) is 0 Å². The van der Waals surface area contributed by atoms with E-state index in [1.807, 2.05) is 34.6 Å². The van der Waals surface area contributed by atoms with Crippen LogP contribution in [0.4, 0.5) is 4.79 Å². The van der Waals surface area contributed by atoms with E-state index < -0.39 is 29.8 Å². The minimum atomic E-state index is -2.16. The van der Waals surface area contributed by atoms with Crippen molar-refractivity contribution in [3.8, 4) is 11.5 Å². The standard InChI is InChI=1S/C27H41NO9/c1-8-17(4)13-23(29)35-21-12-11-20(15-22(21)36-24(30)14-18(5)9-2)16-27(25(31)32,28-19(6)10-3)37-26(33)34-7/h11-12,15,17-19,28H,8-10,13-14,16H2,1-7H3,(H,31,32)/t17?,18?,19?,27-/m0/s1. The number of rotatable bonds is 15. The van der Waals surface area contributed by atoms with Gasteiger partial charge in [0.05, 0.1) is 7.11 Å². The number of carboxylic acids is 1. The Labute approximate surface area is 219 Å². The van der Waals surface area contributed by atoms with Gasteiger partial charge in [0, 0.05) is 25.3 Å². The summed E-state index contributed by atoms with van der Waals surface area (Å²) in [5.41, 5.74) is -1.80. The van der Waals surface area contributed by atoms with Crippen LogP contribution in [0.5, 0.6) is 11.5 Å². The van der Waals surface area contributed by atoms with Gasteiger partial charge < -0.3 is 24.1 Å². The maximum absolute atomic E-state index is 12.6. The summed E-state index contributed by atoms with van der Waals surface area (Å²) in [5.74, 6) is -2.21. The zero-order valence-corrected chi connectivity index (χ0v) is 22.9. The molecule has 1 aromatic rings. The number of carbonyl (C=O) groups excluding carboxylic acids is 3. The Balaban J connectivity index is 3.42. The summed E-state index contributed by atoms with van der Waals surface area (Å²) < 4.78 is 20.8. The number of carboxylic acid groups (broad SMARTS) is 1. The molecular weight excluding hydrogens is 482 g/mol. The van der Waals surface area contributed by atoms with Gasteiger partial charge in [0.1, 0.15) is 0 Å². The number of ether oxygens (including phenoxy) is 4. The van der Waals surface area contributed by atoms with Gasteiger partial charge in [-0.2, -0.15) is 0 Å². The fraction of sp³-hybridized carbons (Fsp3) is 0.630. The zero-order chi connectivity index (χ0) is 28.2. The molecule has 10 nitrogen and oxygen atoms in total. The molecule has 4 atom stereocenters. The summed E-state index contributed by atoms with van der Waals surface area (Å²) in [7, 11) is 1.08. The second-order valence-electron chi connectivity index (χ2n) is 9.48. The quantitative estimate of drug-likeness (QED) is 0.186. The molecule has 2 N–H and O–H groups in total. The molecule has 1 aromatic carbocycles. The van der Waals surface area contributed by atoms with Gasteiger partial charge in [0.25, 0.3) is 5.72 Å². The van der Waals surface area contributed by atoms with Crippen LogP contribution in [0.25, 0.3) is 0 Å². The molecule has 3 unspecified atom stereocenters. The van der Waals surface area contributed by atoms with Crippen LogP contribution < -0.4 is 14.8 Å². The van der Waals surface area contributed by atoms with E-state index >= 15 is 0 Å². The number of carbonyl (C=O) groups is 4. The molecule has 0 saturated heterocycles. The highest BCUT2D eigenvalue weighted by Crippen LogP contribution is 2.32. The fourth-order valence-corrected chi connectivity index (χ4v) is 3.28. The fourth-order valence-electron chi connectivity index (χ4n) is 3.28. The molecule has 208 valence electrons. The summed E-state index contributed by atoms with van der Waals surface area (Å²) in [6, 6.07) is 4.05. The van der Waals surface area contributed by atoms with Crippen LogP contribution in [-0.4, -0.2) is 48.0 Å². The minimum Gasteiger partial charge on any atom is -0.477 e. The van der Waals surface area contributed by atoms with Gasteiger partial charge in [-0.3, -0.25) is 14.9 Å². The van der Waals surface area contributed by atoms with Gasteiger partial charge >= 0.3 is 24.1 Å². The minimum absolute atomic E-state index is 0.0239. The lowest BCUT2D eigenvalue weighted by Gasteiger charge is -2.32. The SMILES string of the molecule is CCC(C)CC(=O)Oc1ccc(C[C@](NC(C)CC)(OC(=O)OC)C(=O)O)cc1OC(=O)CC(C)CC. The molecule has 0 aliphatic heterocycles. The van der Waals surface area contributed by atoms with Crippen molar-refractivity contribution in [1.29, 1.82) is 0 Å². The number of esters is 2. The van der Waals surface area contributed by atoms with Gasteiger partial charge in [0.2, 0.25) is 0 Å². The van der Waals surface area contributed by atoms with Crippen LogP contribution in [0, 0.1) is 11.8 Å². The van der Waals surface area contributed by atoms with E-state index in [1.54, 1.807) is 6.92 Å². The van der Waals surface area contributed by atoms with E-state index in [2.05, 4.69) is 10.1 Å². The lowest BCUT2D eigenvalue weighted by molar-refractivity contribution is -0.166. The molecule has 0 bridgehead atoms. The zero-order valence-electron chi connectivity index (χ0n) is 22.9. The predicted molar refractivity (Wildman–Crippen MR) is 136 cm³/mol. The third-order valence-corrected chi connectivity index (χ3v) is 6.19. The molecule has 0 fully saturated rings. The van der Waals surface area contributed by atoms with Crippen molar-refractivity contribution in [3.63, 3.8) is 0 Å². The number of aliphatic carboxylic acids is 1. The van der Waals surface area contributed by atoms with E-state index in [0.29, 0.717) is 12.0 Å².